The monoisotopic (exact) mass is 1190 g/mol. The molecule has 0 atom stereocenters. The lowest BCUT2D eigenvalue weighted by Gasteiger charge is -2.10. The van der Waals surface area contributed by atoms with E-state index in [9.17, 15) is 22.8 Å². The molecule has 446 valence electrons. The Kier molecular flexibility index (Phi) is 16.2. The first-order valence-corrected chi connectivity index (χ1v) is 27.1. The van der Waals surface area contributed by atoms with E-state index in [1.54, 1.807) is 78.7 Å². The van der Waals surface area contributed by atoms with Gasteiger partial charge in [-0.15, -0.1) is 0 Å². The molecule has 0 saturated heterocycles. The number of fused-ring (bicyclic) bond motifs is 3. The number of pyridine rings is 1. The molecule has 10 aromatic heterocycles. The van der Waals surface area contributed by atoms with Gasteiger partial charge in [-0.05, 0) is 125 Å². The van der Waals surface area contributed by atoms with Gasteiger partial charge >= 0.3 is 18.2 Å². The third kappa shape index (κ3) is 13.6. The number of rotatable bonds is 13. The fraction of sp³-hybridized carbons (Fsp3) is 0.158. The van der Waals surface area contributed by atoms with E-state index in [1.165, 1.54) is 16.5 Å². The van der Waals surface area contributed by atoms with Crippen LogP contribution in [0.4, 0.5) is 86.2 Å². The van der Waals surface area contributed by atoms with Gasteiger partial charge < -0.3 is 54.4 Å². The highest BCUT2D eigenvalue weighted by Crippen LogP contribution is 2.36. The SMILES string of the molecule is CCNC(=O)Nc1ccc(Nc2nc3cccnn3c2-c2cc(N)nc(C)n2)cc1.Cc1nc(N)cc(-c2c(Nc3cc[nH]n3)nc3ccc(C(F)(F)F)cn23)n1.Cc1nc(N)cc(-c2c(Nc3ccc(NC(=O)NC4CC4)cc3)nc3cccnn23)n1. The van der Waals surface area contributed by atoms with E-state index in [0.29, 0.717) is 127 Å². The predicted molar refractivity (Wildman–Crippen MR) is 326 cm³/mol. The summed E-state index contributed by atoms with van der Waals surface area (Å²) in [4.78, 5) is 62.9. The summed E-state index contributed by atoms with van der Waals surface area (Å²) in [5.74, 6) is 4.36. The van der Waals surface area contributed by atoms with Crippen molar-refractivity contribution in [2.75, 3.05) is 50.3 Å². The molecular weight excluding hydrogens is 1140 g/mol. The van der Waals surface area contributed by atoms with Gasteiger partial charge in [-0.25, -0.2) is 63.5 Å². The maximum absolute atomic E-state index is 13.2. The number of benzene rings is 2. The van der Waals surface area contributed by atoms with Gasteiger partial charge in [0.2, 0.25) is 0 Å². The zero-order valence-corrected chi connectivity index (χ0v) is 47.3. The van der Waals surface area contributed by atoms with Crippen LogP contribution in [0.5, 0.6) is 0 Å². The van der Waals surface area contributed by atoms with Crippen LogP contribution in [0.3, 0.4) is 0 Å². The number of hydrogen-bond donors (Lipinski definition) is 11. The minimum atomic E-state index is -4.49. The summed E-state index contributed by atoms with van der Waals surface area (Å²) in [7, 11) is 0. The van der Waals surface area contributed by atoms with Gasteiger partial charge in [-0.2, -0.15) is 28.5 Å². The van der Waals surface area contributed by atoms with Gasteiger partial charge in [0.25, 0.3) is 0 Å². The molecule has 1 aliphatic rings. The minimum absolute atomic E-state index is 0.186. The Labute approximate surface area is 497 Å². The van der Waals surface area contributed by atoms with E-state index < -0.39 is 11.7 Å². The number of anilines is 11. The number of alkyl halides is 3. The smallest absolute Gasteiger partial charge is 0.384 e. The lowest BCUT2D eigenvalue weighted by atomic mass is 10.2. The van der Waals surface area contributed by atoms with E-state index in [-0.39, 0.29) is 17.9 Å². The van der Waals surface area contributed by atoms with E-state index >= 15 is 0 Å². The number of amides is 4. The number of carbonyl (C=O) groups is 2. The molecule has 0 unspecified atom stereocenters. The topological polar surface area (TPSA) is 380 Å². The Balaban J connectivity index is 0.000000137. The van der Waals surface area contributed by atoms with Crippen molar-refractivity contribution in [2.24, 2.45) is 0 Å². The fourth-order valence-electron chi connectivity index (χ4n) is 9.01. The van der Waals surface area contributed by atoms with E-state index in [2.05, 4.69) is 102 Å². The van der Waals surface area contributed by atoms with Crippen LogP contribution >= 0.6 is 0 Å². The molecule has 0 spiro atoms. The van der Waals surface area contributed by atoms with Crippen LogP contribution in [0, 0.1) is 20.8 Å². The number of nitrogens with one attached hydrogen (secondary N) is 8. The van der Waals surface area contributed by atoms with Gasteiger partial charge in [0.15, 0.2) is 34.6 Å². The third-order valence-electron chi connectivity index (χ3n) is 12.8. The normalized spacial score (nSPS) is 11.9. The molecule has 28 nitrogen and oxygen atoms in total. The highest BCUT2D eigenvalue weighted by molar-refractivity contribution is 5.91. The zero-order chi connectivity index (χ0) is 61.6. The minimum Gasteiger partial charge on any atom is -0.384 e. The van der Waals surface area contributed by atoms with Crippen LogP contribution in [0.15, 0.2) is 134 Å². The second kappa shape index (κ2) is 24.6. The molecule has 1 saturated carbocycles. The van der Waals surface area contributed by atoms with Gasteiger partial charge in [0.05, 0.1) is 22.6 Å². The molecule has 0 aliphatic heterocycles. The summed E-state index contributed by atoms with van der Waals surface area (Å²) in [5.41, 5.74) is 24.7. The summed E-state index contributed by atoms with van der Waals surface area (Å²) in [6, 6.07) is 30.7. The Morgan fingerprint density at radius 3 is 1.49 bits per heavy atom. The van der Waals surface area contributed by atoms with Gasteiger partial charge in [0, 0.05) is 84.4 Å². The number of aryl methyl sites for hydroxylation is 3. The van der Waals surface area contributed by atoms with Crippen LogP contribution in [0.25, 0.3) is 51.1 Å². The Morgan fingerprint density at radius 1 is 0.568 bits per heavy atom. The number of aromatic nitrogens is 16. The number of imidazole rings is 3. The molecule has 13 rings (SSSR count). The number of nitrogen functional groups attached to an aromatic ring is 3. The largest absolute Gasteiger partial charge is 0.417 e. The number of urea groups is 2. The van der Waals surface area contributed by atoms with Crippen LogP contribution in [-0.2, 0) is 6.18 Å². The number of halogens is 3. The van der Waals surface area contributed by atoms with Crippen molar-refractivity contribution in [1.82, 2.24) is 89.3 Å². The molecular formula is C57H55F3N26O2. The van der Waals surface area contributed by atoms with Crippen molar-refractivity contribution in [3.63, 3.8) is 0 Å². The lowest BCUT2D eigenvalue weighted by Crippen LogP contribution is -2.30. The van der Waals surface area contributed by atoms with Gasteiger partial charge in [0.1, 0.15) is 57.7 Å². The summed E-state index contributed by atoms with van der Waals surface area (Å²) < 4.78 is 44.3. The van der Waals surface area contributed by atoms with Crippen molar-refractivity contribution in [2.45, 2.75) is 52.8 Å². The number of H-pyrrole nitrogens is 1. The van der Waals surface area contributed by atoms with Crippen molar-refractivity contribution in [3.05, 3.63) is 157 Å². The van der Waals surface area contributed by atoms with Gasteiger partial charge in [-0.1, -0.05) is 0 Å². The van der Waals surface area contributed by atoms with Crippen LogP contribution in [0.1, 0.15) is 42.8 Å². The standard InChI is InChI=1S/C21H21N9O.C20H21N9O.C16H13F3N8/c1-12-24-16(11-17(22)25-12)19-20(29-18-3-2-10-23-30(18)19)26-13-4-6-14(7-5-13)27-21(31)28-15-8-9-15;1-3-22-20(30)27-14-8-6-13(7-9-14)26-19-18(15-11-16(21)25-12(2)24-15)29-17(28-19)5-4-10-23-29;1-8-22-10(6-11(20)23-8)14-15(24-12-4-5-21-26-12)25-13-3-2-9(7-27(13)14)16(17,18)19/h2-7,10-11,15,26H,8-9H2,1H3,(H2,22,24,25)(H2,27,28,31);4-11,26H,3H2,1-2H3,(H2,21,24,25)(H2,22,27,30);2-7H,1H3,(H2,20,22,23)(H2,21,24,26). The van der Waals surface area contributed by atoms with Gasteiger partial charge in [-0.3, -0.25) is 9.50 Å². The molecule has 12 aromatic rings. The fourth-order valence-corrected chi connectivity index (χ4v) is 9.01. The number of carbonyl (C=O) groups excluding carboxylic acids is 2. The molecule has 1 fully saturated rings. The maximum atomic E-state index is 13.2. The zero-order valence-electron chi connectivity index (χ0n) is 47.3. The Morgan fingerprint density at radius 2 is 1.03 bits per heavy atom. The lowest BCUT2D eigenvalue weighted by molar-refractivity contribution is -0.137. The first-order valence-electron chi connectivity index (χ1n) is 27.1. The van der Waals surface area contributed by atoms with E-state index in [1.807, 2.05) is 67.6 Å². The molecule has 2 aromatic carbocycles. The van der Waals surface area contributed by atoms with Crippen molar-refractivity contribution in [1.29, 1.82) is 0 Å². The van der Waals surface area contributed by atoms with E-state index in [4.69, 9.17) is 17.2 Å². The highest BCUT2D eigenvalue weighted by Gasteiger charge is 2.32. The van der Waals surface area contributed by atoms with Crippen molar-refractivity contribution < 1.29 is 22.8 Å². The number of hydrogen-bond acceptors (Lipinski definition) is 20. The average Bonchev–Trinajstić information content (AvgIpc) is 2.07. The number of nitrogens with two attached hydrogens (primary N) is 3. The maximum Gasteiger partial charge on any atom is 0.417 e. The molecule has 31 heteroatoms. The quantitative estimate of drug-likeness (QED) is 0.0512. The molecule has 4 amide bonds. The first kappa shape index (κ1) is 57.8. The second-order valence-corrected chi connectivity index (χ2v) is 19.7. The predicted octanol–water partition coefficient (Wildman–Crippen LogP) is 9.23. The summed E-state index contributed by atoms with van der Waals surface area (Å²) in [5, 5.41) is 36.2. The van der Waals surface area contributed by atoms with E-state index in [0.717, 1.165) is 36.5 Å². The highest BCUT2D eigenvalue weighted by atomic mass is 19.4. The first-order chi connectivity index (χ1) is 42.4. The summed E-state index contributed by atoms with van der Waals surface area (Å²) in [6.45, 7) is 7.63. The molecule has 1 aliphatic carbocycles. The Hall–Kier alpha value is -12.1. The average molecular weight is 1190 g/mol. The Bertz CT molecular complexity index is 4430. The van der Waals surface area contributed by atoms with Crippen LogP contribution < -0.4 is 54.4 Å². The number of aromatic amines is 1. The van der Waals surface area contributed by atoms with Crippen LogP contribution in [-0.4, -0.2) is 103 Å². The number of nitrogens with zero attached hydrogens (tertiary/aromatic N) is 15. The molecule has 0 bridgehead atoms. The van der Waals surface area contributed by atoms with Crippen molar-refractivity contribution >= 4 is 92.5 Å². The second-order valence-electron chi connectivity index (χ2n) is 19.7. The summed E-state index contributed by atoms with van der Waals surface area (Å²) in [6.07, 6.45) is 3.54. The molecule has 88 heavy (non-hydrogen) atoms. The van der Waals surface area contributed by atoms with Crippen LogP contribution in [0.2, 0.25) is 0 Å². The molecule has 10 heterocycles. The molecule has 0 radical (unpaired) electrons. The molecule has 14 N–H and O–H groups in total. The van der Waals surface area contributed by atoms with Crippen molar-refractivity contribution in [3.8, 4) is 34.2 Å². The third-order valence-corrected chi connectivity index (χ3v) is 12.8. The summed E-state index contributed by atoms with van der Waals surface area (Å²) >= 11 is 0.